The Balaban J connectivity index is 1.13. The van der Waals surface area contributed by atoms with Gasteiger partial charge in [-0.1, -0.05) is 0 Å². The lowest BCUT2D eigenvalue weighted by Crippen LogP contribution is -2.36. The summed E-state index contributed by atoms with van der Waals surface area (Å²) >= 11 is 0. The molecule has 6 aromatic rings. The number of aryl methyl sites for hydroxylation is 2. The van der Waals surface area contributed by atoms with Crippen molar-refractivity contribution in [2.75, 3.05) is 41.8 Å². The topological polar surface area (TPSA) is 91.0 Å². The van der Waals surface area contributed by atoms with Crippen molar-refractivity contribution in [2.24, 2.45) is 0 Å². The third-order valence-electron chi connectivity index (χ3n) is 7.40. The van der Waals surface area contributed by atoms with Gasteiger partial charge in [0.2, 0.25) is 0 Å². The molecular formula is C33H31N7O. The monoisotopic (exact) mass is 541 g/mol. The molecule has 0 spiro atoms. The number of anilines is 5. The lowest BCUT2D eigenvalue weighted by molar-refractivity contribution is 0.122. The van der Waals surface area contributed by atoms with Gasteiger partial charge in [0.15, 0.2) is 0 Å². The van der Waals surface area contributed by atoms with Crippen LogP contribution in [0.3, 0.4) is 0 Å². The van der Waals surface area contributed by atoms with E-state index in [1.807, 2.05) is 32.2 Å². The molecule has 1 fully saturated rings. The minimum Gasteiger partial charge on any atom is -0.378 e. The van der Waals surface area contributed by atoms with Gasteiger partial charge in [0.1, 0.15) is 5.82 Å². The molecule has 0 aliphatic carbocycles. The summed E-state index contributed by atoms with van der Waals surface area (Å²) in [5, 5.41) is 8.18. The van der Waals surface area contributed by atoms with Crippen molar-refractivity contribution in [2.45, 2.75) is 13.8 Å². The Morgan fingerprint density at radius 2 is 1.54 bits per heavy atom. The van der Waals surface area contributed by atoms with Crippen LogP contribution >= 0.6 is 0 Å². The second kappa shape index (κ2) is 10.6. The van der Waals surface area contributed by atoms with Gasteiger partial charge >= 0.3 is 0 Å². The number of hydrogen-bond donors (Lipinski definition) is 3. The zero-order valence-electron chi connectivity index (χ0n) is 23.1. The summed E-state index contributed by atoms with van der Waals surface area (Å²) in [4.78, 5) is 19.7. The minimum absolute atomic E-state index is 0.760. The van der Waals surface area contributed by atoms with E-state index in [1.54, 1.807) is 0 Å². The molecule has 0 bridgehead atoms. The molecule has 0 amide bonds. The number of H-pyrrole nitrogens is 1. The fourth-order valence-electron chi connectivity index (χ4n) is 5.35. The molecule has 0 radical (unpaired) electrons. The van der Waals surface area contributed by atoms with Crippen LogP contribution in [0.2, 0.25) is 0 Å². The molecule has 3 N–H and O–H groups in total. The Morgan fingerprint density at radius 3 is 2.37 bits per heavy atom. The van der Waals surface area contributed by atoms with Crippen LogP contribution in [-0.2, 0) is 4.74 Å². The van der Waals surface area contributed by atoms with Crippen LogP contribution < -0.4 is 15.5 Å². The zero-order chi connectivity index (χ0) is 27.8. The lowest BCUT2D eigenvalue weighted by Gasteiger charge is -2.29. The van der Waals surface area contributed by atoms with E-state index >= 15 is 0 Å². The van der Waals surface area contributed by atoms with Gasteiger partial charge < -0.3 is 25.3 Å². The second-order valence-electron chi connectivity index (χ2n) is 10.4. The van der Waals surface area contributed by atoms with Crippen LogP contribution in [-0.4, -0.2) is 46.2 Å². The van der Waals surface area contributed by atoms with E-state index in [0.29, 0.717) is 0 Å². The normalized spacial score (nSPS) is 13.6. The Labute approximate surface area is 238 Å². The van der Waals surface area contributed by atoms with Gasteiger partial charge in [0.25, 0.3) is 0 Å². The van der Waals surface area contributed by atoms with Crippen LogP contribution in [0.15, 0.2) is 85.1 Å². The fourth-order valence-corrected chi connectivity index (χ4v) is 5.35. The fraction of sp³-hybridized carbons (Fsp3) is 0.182. The van der Waals surface area contributed by atoms with E-state index in [9.17, 15) is 0 Å². The van der Waals surface area contributed by atoms with E-state index in [0.717, 1.165) is 93.8 Å². The summed E-state index contributed by atoms with van der Waals surface area (Å²) in [5.41, 5.74) is 11.1. The first-order valence-electron chi connectivity index (χ1n) is 13.9. The van der Waals surface area contributed by atoms with E-state index in [2.05, 4.69) is 92.2 Å². The van der Waals surface area contributed by atoms with Crippen molar-refractivity contribution >= 4 is 50.4 Å². The van der Waals surface area contributed by atoms with Gasteiger partial charge in [-0.15, -0.1) is 0 Å². The summed E-state index contributed by atoms with van der Waals surface area (Å²) in [6.45, 7) is 7.34. The summed E-state index contributed by atoms with van der Waals surface area (Å²) in [6.07, 6.45) is 1.81. The Hall–Kier alpha value is -4.95. The SMILES string of the molecule is Cc1cc(Nc2ccc3[nH]c(-c4ccc(Nc5cc(C)nc6ccc(N7CCOCC7)cc56)cc4)nc3c2)ccn1. The summed E-state index contributed by atoms with van der Waals surface area (Å²) in [6, 6.07) is 27.1. The zero-order valence-corrected chi connectivity index (χ0v) is 23.1. The summed E-state index contributed by atoms with van der Waals surface area (Å²) in [7, 11) is 0. The molecule has 41 heavy (non-hydrogen) atoms. The Kier molecular flexibility index (Phi) is 6.45. The predicted octanol–water partition coefficient (Wildman–Crippen LogP) is 7.11. The van der Waals surface area contributed by atoms with Crippen LogP contribution in [0.25, 0.3) is 33.3 Å². The van der Waals surface area contributed by atoms with E-state index in [1.165, 1.54) is 5.69 Å². The maximum atomic E-state index is 5.54. The molecule has 7 rings (SSSR count). The molecule has 204 valence electrons. The van der Waals surface area contributed by atoms with Crippen LogP contribution in [0.5, 0.6) is 0 Å². The number of pyridine rings is 2. The molecule has 8 heteroatoms. The highest BCUT2D eigenvalue weighted by Gasteiger charge is 2.14. The largest absolute Gasteiger partial charge is 0.378 e. The van der Waals surface area contributed by atoms with Gasteiger partial charge in [0.05, 0.1) is 29.8 Å². The van der Waals surface area contributed by atoms with Gasteiger partial charge in [-0.3, -0.25) is 9.97 Å². The molecule has 1 saturated heterocycles. The highest BCUT2D eigenvalue weighted by atomic mass is 16.5. The number of nitrogens with one attached hydrogen (secondary N) is 3. The van der Waals surface area contributed by atoms with Crippen LogP contribution in [0.4, 0.5) is 28.4 Å². The van der Waals surface area contributed by atoms with Crippen molar-refractivity contribution < 1.29 is 4.74 Å². The standard InChI is InChI=1S/C33H31N7O/c1-21-17-26(11-12-34-21)36-25-7-9-30-32(19-25)39-33(38-30)23-3-5-24(6-4-23)37-31-18-22(2)35-29-10-8-27(20-28(29)31)40-13-15-41-16-14-40/h3-12,17-20H,13-16H2,1-2H3,(H,34,36)(H,35,37)(H,38,39). The number of morpholine rings is 1. The Morgan fingerprint density at radius 1 is 0.732 bits per heavy atom. The first kappa shape index (κ1) is 25.0. The highest BCUT2D eigenvalue weighted by molar-refractivity contribution is 5.95. The average Bonchev–Trinajstić information content (AvgIpc) is 3.41. The number of ether oxygens (including phenoxy) is 1. The third-order valence-corrected chi connectivity index (χ3v) is 7.40. The highest BCUT2D eigenvalue weighted by Crippen LogP contribution is 2.32. The molecule has 0 saturated carbocycles. The van der Waals surface area contributed by atoms with Crippen LogP contribution in [0, 0.1) is 13.8 Å². The number of aromatic amines is 1. The molecule has 8 nitrogen and oxygen atoms in total. The predicted molar refractivity (Wildman–Crippen MR) is 167 cm³/mol. The molecule has 4 heterocycles. The summed E-state index contributed by atoms with van der Waals surface area (Å²) < 4.78 is 5.54. The maximum absolute atomic E-state index is 5.54. The first-order valence-corrected chi connectivity index (χ1v) is 13.9. The van der Waals surface area contributed by atoms with E-state index in [4.69, 9.17) is 14.7 Å². The average molecular weight is 542 g/mol. The smallest absolute Gasteiger partial charge is 0.138 e. The lowest BCUT2D eigenvalue weighted by atomic mass is 10.1. The number of nitrogens with zero attached hydrogens (tertiary/aromatic N) is 4. The molecular weight excluding hydrogens is 510 g/mol. The van der Waals surface area contributed by atoms with Crippen molar-refractivity contribution in [1.82, 2.24) is 19.9 Å². The second-order valence-corrected chi connectivity index (χ2v) is 10.4. The molecule has 3 aromatic carbocycles. The van der Waals surface area contributed by atoms with Crippen molar-refractivity contribution in [3.05, 3.63) is 96.4 Å². The maximum Gasteiger partial charge on any atom is 0.138 e. The van der Waals surface area contributed by atoms with Crippen molar-refractivity contribution in [1.29, 1.82) is 0 Å². The molecule has 3 aromatic heterocycles. The number of imidazole rings is 1. The van der Waals surface area contributed by atoms with E-state index in [-0.39, 0.29) is 0 Å². The van der Waals surface area contributed by atoms with Crippen LogP contribution in [0.1, 0.15) is 11.4 Å². The summed E-state index contributed by atoms with van der Waals surface area (Å²) in [5.74, 6) is 0.837. The molecule has 0 atom stereocenters. The third kappa shape index (κ3) is 5.29. The molecule has 1 aliphatic heterocycles. The van der Waals surface area contributed by atoms with E-state index < -0.39 is 0 Å². The van der Waals surface area contributed by atoms with Crippen molar-refractivity contribution in [3.8, 4) is 11.4 Å². The molecule has 0 unspecified atom stereocenters. The number of hydrogen-bond acceptors (Lipinski definition) is 7. The first-order chi connectivity index (χ1) is 20.1. The van der Waals surface area contributed by atoms with Gasteiger partial charge in [-0.2, -0.15) is 0 Å². The number of benzene rings is 3. The number of aromatic nitrogens is 4. The minimum atomic E-state index is 0.760. The quantitative estimate of drug-likeness (QED) is 0.207. The number of rotatable bonds is 6. The molecule has 1 aliphatic rings. The Bertz CT molecular complexity index is 1860. The van der Waals surface area contributed by atoms with Crippen molar-refractivity contribution in [3.63, 3.8) is 0 Å². The number of fused-ring (bicyclic) bond motifs is 2. The van der Waals surface area contributed by atoms with Gasteiger partial charge in [-0.25, -0.2) is 4.98 Å². The van der Waals surface area contributed by atoms with Gasteiger partial charge in [-0.05, 0) is 92.7 Å². The van der Waals surface area contributed by atoms with Gasteiger partial charge in [0, 0.05) is 70.1 Å².